The predicted molar refractivity (Wildman–Crippen MR) is 115 cm³/mol. The van der Waals surface area contributed by atoms with Crippen molar-refractivity contribution in [1.82, 2.24) is 25.8 Å². The molecule has 8 heteroatoms. The van der Waals surface area contributed by atoms with Gasteiger partial charge in [0, 0.05) is 25.3 Å². The number of ether oxygens (including phenoxy) is 1. The van der Waals surface area contributed by atoms with Gasteiger partial charge in [0.2, 0.25) is 0 Å². The molecule has 8 nitrogen and oxygen atoms in total. The standard InChI is InChI=1S/C22H30N6O2/c1-30-20-10-17(12-23-14-20)22(29)25-13-18-7-8-21(27-26-18)28-9-3-6-19(15-28)24-11-16-4-2-5-16/h7-8,10,12,14,16,19,24H,2-6,9,11,13,15H2,1H3,(H,25,29). The number of piperidine rings is 1. The Bertz CT molecular complexity index is 840. The van der Waals surface area contributed by atoms with Crippen LogP contribution in [0.2, 0.25) is 0 Å². The highest BCUT2D eigenvalue weighted by Gasteiger charge is 2.23. The summed E-state index contributed by atoms with van der Waals surface area (Å²) in [5.41, 5.74) is 1.17. The fourth-order valence-corrected chi connectivity index (χ4v) is 3.93. The van der Waals surface area contributed by atoms with Crippen molar-refractivity contribution in [3.63, 3.8) is 0 Å². The Hall–Kier alpha value is -2.74. The second-order valence-electron chi connectivity index (χ2n) is 8.17. The third-order valence-electron chi connectivity index (χ3n) is 6.01. The Morgan fingerprint density at radius 1 is 1.20 bits per heavy atom. The Morgan fingerprint density at radius 2 is 2.10 bits per heavy atom. The molecule has 0 radical (unpaired) electrons. The molecular formula is C22H30N6O2. The Labute approximate surface area is 177 Å². The molecule has 2 fully saturated rings. The van der Waals surface area contributed by atoms with Gasteiger partial charge in [-0.3, -0.25) is 9.78 Å². The minimum atomic E-state index is -0.219. The number of hydrogen-bond donors (Lipinski definition) is 2. The van der Waals surface area contributed by atoms with Gasteiger partial charge in [-0.25, -0.2) is 0 Å². The van der Waals surface area contributed by atoms with Gasteiger partial charge in [-0.1, -0.05) is 6.42 Å². The molecule has 1 saturated carbocycles. The fraction of sp³-hybridized carbons (Fsp3) is 0.545. The molecule has 30 heavy (non-hydrogen) atoms. The Balaban J connectivity index is 1.27. The van der Waals surface area contributed by atoms with Crippen LogP contribution in [0, 0.1) is 5.92 Å². The van der Waals surface area contributed by atoms with E-state index in [4.69, 9.17) is 4.74 Å². The molecule has 0 spiro atoms. The SMILES string of the molecule is COc1cncc(C(=O)NCc2ccc(N3CCCC(NCC4CCC4)C3)nn2)c1. The maximum absolute atomic E-state index is 12.3. The zero-order valence-electron chi connectivity index (χ0n) is 17.5. The molecule has 0 bridgehead atoms. The molecule has 1 aliphatic heterocycles. The molecule has 2 aliphatic rings. The number of rotatable bonds is 8. The summed E-state index contributed by atoms with van der Waals surface area (Å²) in [4.78, 5) is 18.6. The second-order valence-corrected chi connectivity index (χ2v) is 8.17. The van der Waals surface area contributed by atoms with Crippen molar-refractivity contribution in [2.24, 2.45) is 5.92 Å². The number of pyridine rings is 1. The minimum absolute atomic E-state index is 0.219. The van der Waals surface area contributed by atoms with Crippen molar-refractivity contribution >= 4 is 11.7 Å². The molecule has 160 valence electrons. The molecule has 1 saturated heterocycles. The summed E-state index contributed by atoms with van der Waals surface area (Å²) >= 11 is 0. The molecular weight excluding hydrogens is 380 g/mol. The topological polar surface area (TPSA) is 92.3 Å². The van der Waals surface area contributed by atoms with Crippen molar-refractivity contribution in [3.8, 4) is 5.75 Å². The van der Waals surface area contributed by atoms with Gasteiger partial charge in [0.05, 0.1) is 31.1 Å². The molecule has 3 heterocycles. The summed E-state index contributed by atoms with van der Waals surface area (Å²) in [6, 6.07) is 6.10. The number of nitrogens with one attached hydrogen (secondary N) is 2. The van der Waals surface area contributed by atoms with E-state index in [2.05, 4.69) is 30.7 Å². The lowest BCUT2D eigenvalue weighted by atomic mass is 9.85. The molecule has 2 N–H and O–H groups in total. The molecule has 0 aromatic carbocycles. The molecule has 1 aliphatic carbocycles. The zero-order chi connectivity index (χ0) is 20.8. The van der Waals surface area contributed by atoms with Crippen LogP contribution in [-0.2, 0) is 6.54 Å². The Morgan fingerprint density at radius 3 is 2.83 bits per heavy atom. The van der Waals surface area contributed by atoms with Gasteiger partial charge in [0.1, 0.15) is 5.75 Å². The third kappa shape index (κ3) is 5.24. The van der Waals surface area contributed by atoms with Gasteiger partial charge in [0.25, 0.3) is 5.91 Å². The average molecular weight is 411 g/mol. The van der Waals surface area contributed by atoms with Crippen molar-refractivity contribution < 1.29 is 9.53 Å². The van der Waals surface area contributed by atoms with Gasteiger partial charge >= 0.3 is 0 Å². The molecule has 1 atom stereocenters. The molecule has 2 aromatic rings. The van der Waals surface area contributed by atoms with E-state index in [-0.39, 0.29) is 5.91 Å². The van der Waals surface area contributed by atoms with Crippen LogP contribution in [-0.4, -0.2) is 53.9 Å². The van der Waals surface area contributed by atoms with Gasteiger partial charge in [-0.15, -0.1) is 5.10 Å². The highest BCUT2D eigenvalue weighted by molar-refractivity contribution is 5.94. The fourth-order valence-electron chi connectivity index (χ4n) is 3.93. The lowest BCUT2D eigenvalue weighted by molar-refractivity contribution is 0.0949. The van der Waals surface area contributed by atoms with Gasteiger partial charge in [0.15, 0.2) is 5.82 Å². The summed E-state index contributed by atoms with van der Waals surface area (Å²) in [5.74, 6) is 2.11. The van der Waals surface area contributed by atoms with Crippen LogP contribution < -0.4 is 20.3 Å². The Kier molecular flexibility index (Phi) is 6.74. The highest BCUT2D eigenvalue weighted by Crippen LogP contribution is 2.26. The molecule has 2 aromatic heterocycles. The van der Waals surface area contributed by atoms with Gasteiger partial charge in [-0.05, 0) is 56.3 Å². The summed E-state index contributed by atoms with van der Waals surface area (Å²) < 4.78 is 5.11. The van der Waals surface area contributed by atoms with Gasteiger partial charge in [-0.2, -0.15) is 5.10 Å². The third-order valence-corrected chi connectivity index (χ3v) is 6.01. The number of carbonyl (C=O) groups is 1. The first kappa shape index (κ1) is 20.5. The number of anilines is 1. The van der Waals surface area contributed by atoms with Crippen LogP contribution in [0.4, 0.5) is 5.82 Å². The number of hydrogen-bond acceptors (Lipinski definition) is 7. The maximum atomic E-state index is 12.3. The molecule has 1 unspecified atom stereocenters. The highest BCUT2D eigenvalue weighted by atomic mass is 16.5. The summed E-state index contributed by atoms with van der Waals surface area (Å²) in [6.45, 7) is 3.44. The van der Waals surface area contributed by atoms with E-state index in [0.717, 1.165) is 43.5 Å². The number of nitrogens with zero attached hydrogens (tertiary/aromatic N) is 4. The van der Waals surface area contributed by atoms with Crippen LogP contribution in [0.15, 0.2) is 30.6 Å². The summed E-state index contributed by atoms with van der Waals surface area (Å²) in [7, 11) is 1.55. The number of aromatic nitrogens is 3. The van der Waals surface area contributed by atoms with Crippen molar-refractivity contribution in [3.05, 3.63) is 41.9 Å². The first-order chi connectivity index (χ1) is 14.7. The first-order valence-corrected chi connectivity index (χ1v) is 10.8. The maximum Gasteiger partial charge on any atom is 0.253 e. The van der Waals surface area contributed by atoms with Crippen LogP contribution >= 0.6 is 0 Å². The first-order valence-electron chi connectivity index (χ1n) is 10.8. The van der Waals surface area contributed by atoms with Crippen LogP contribution in [0.25, 0.3) is 0 Å². The summed E-state index contributed by atoms with van der Waals surface area (Å²) in [6.07, 6.45) is 9.61. The summed E-state index contributed by atoms with van der Waals surface area (Å²) in [5, 5.41) is 15.3. The zero-order valence-corrected chi connectivity index (χ0v) is 17.5. The van der Waals surface area contributed by atoms with Crippen LogP contribution in [0.3, 0.4) is 0 Å². The largest absolute Gasteiger partial charge is 0.495 e. The smallest absolute Gasteiger partial charge is 0.253 e. The van der Waals surface area contributed by atoms with E-state index in [9.17, 15) is 4.79 Å². The van der Waals surface area contributed by atoms with E-state index in [0.29, 0.717) is 23.9 Å². The minimum Gasteiger partial charge on any atom is -0.495 e. The van der Waals surface area contributed by atoms with Crippen molar-refractivity contribution in [2.45, 2.75) is 44.7 Å². The van der Waals surface area contributed by atoms with E-state index in [1.165, 1.54) is 31.9 Å². The van der Waals surface area contributed by atoms with E-state index < -0.39 is 0 Å². The van der Waals surface area contributed by atoms with E-state index in [1.807, 2.05) is 12.1 Å². The van der Waals surface area contributed by atoms with E-state index in [1.54, 1.807) is 19.4 Å². The van der Waals surface area contributed by atoms with Crippen LogP contribution in [0.1, 0.15) is 48.2 Å². The predicted octanol–water partition coefficient (Wildman–Crippen LogP) is 2.17. The molecule has 1 amide bonds. The van der Waals surface area contributed by atoms with Gasteiger partial charge < -0.3 is 20.3 Å². The normalized spacial score (nSPS) is 19.2. The van der Waals surface area contributed by atoms with Crippen molar-refractivity contribution in [2.75, 3.05) is 31.6 Å². The monoisotopic (exact) mass is 410 g/mol. The second kappa shape index (κ2) is 9.84. The number of methoxy groups -OCH3 is 1. The lowest BCUT2D eigenvalue weighted by Gasteiger charge is -2.35. The van der Waals surface area contributed by atoms with Crippen molar-refractivity contribution in [1.29, 1.82) is 0 Å². The quantitative estimate of drug-likeness (QED) is 0.689. The average Bonchev–Trinajstić information content (AvgIpc) is 2.77. The lowest BCUT2D eigenvalue weighted by Crippen LogP contribution is -2.47. The van der Waals surface area contributed by atoms with Crippen LogP contribution in [0.5, 0.6) is 5.75 Å². The van der Waals surface area contributed by atoms with E-state index >= 15 is 0 Å². The molecule has 4 rings (SSSR count). The number of carbonyl (C=O) groups excluding carboxylic acids is 1. The number of amides is 1.